The molecule has 1 aliphatic rings. The lowest BCUT2D eigenvalue weighted by molar-refractivity contribution is -0.155. The number of aryl methyl sites for hydroxylation is 2. The van der Waals surface area contributed by atoms with E-state index in [9.17, 15) is 24.0 Å². The molecule has 15 nitrogen and oxygen atoms in total. The molecule has 0 bridgehead atoms. The van der Waals surface area contributed by atoms with Crippen LogP contribution in [0.25, 0.3) is 27.5 Å². The van der Waals surface area contributed by atoms with Crippen molar-refractivity contribution < 1.29 is 37.7 Å². The molecule has 1 fully saturated rings. The van der Waals surface area contributed by atoms with Gasteiger partial charge in [0, 0.05) is 50.0 Å². The Morgan fingerprint density at radius 1 is 1.02 bits per heavy atom. The highest BCUT2D eigenvalue weighted by atomic mass is 19.1. The molecule has 0 spiro atoms. The number of carbonyl (C=O) groups is 3. The molecule has 2 aromatic carbocycles. The maximum absolute atomic E-state index is 15.6. The number of nitrogens with zero attached hydrogens (tertiary/aromatic N) is 5. The van der Waals surface area contributed by atoms with E-state index >= 15 is 4.39 Å². The van der Waals surface area contributed by atoms with Gasteiger partial charge in [-0.25, -0.2) is 23.3 Å². The summed E-state index contributed by atoms with van der Waals surface area (Å²) in [5, 5.41) is 3.31. The van der Waals surface area contributed by atoms with Gasteiger partial charge in [0.1, 0.15) is 11.9 Å². The van der Waals surface area contributed by atoms with Crippen LogP contribution in [0, 0.1) is 12.7 Å². The van der Waals surface area contributed by atoms with E-state index in [1.807, 2.05) is 4.90 Å². The van der Waals surface area contributed by atoms with Crippen LogP contribution in [0.1, 0.15) is 35.3 Å². The summed E-state index contributed by atoms with van der Waals surface area (Å²) in [6.45, 7) is 6.12. The summed E-state index contributed by atoms with van der Waals surface area (Å²) in [5.41, 5.74) is 0.736. The van der Waals surface area contributed by atoms with E-state index in [1.54, 1.807) is 45.0 Å². The molecule has 1 atom stereocenters. The van der Waals surface area contributed by atoms with Gasteiger partial charge in [0.2, 0.25) is 6.79 Å². The maximum atomic E-state index is 15.6. The highest BCUT2D eigenvalue weighted by molar-refractivity contribution is 5.99. The van der Waals surface area contributed by atoms with Gasteiger partial charge in [-0.1, -0.05) is 12.1 Å². The van der Waals surface area contributed by atoms with Crippen molar-refractivity contribution in [3.05, 3.63) is 104 Å². The minimum atomic E-state index is -1.43. The number of halogens is 1. The molecule has 1 aliphatic heterocycles. The molecule has 1 N–H and O–H groups in total. The number of aromatic nitrogens is 4. The van der Waals surface area contributed by atoms with E-state index < -0.39 is 54.0 Å². The number of pyridine rings is 2. The number of carbonyl (C=O) groups excluding carboxylic acids is 3. The number of fused-ring (bicyclic) bond motifs is 2. The molecule has 1 saturated heterocycles. The number of ether oxygens (including phenoxy) is 4. The number of hydrogen-bond donors (Lipinski definition) is 1. The van der Waals surface area contributed by atoms with Gasteiger partial charge < -0.3 is 29.2 Å². The summed E-state index contributed by atoms with van der Waals surface area (Å²) >= 11 is 0. The van der Waals surface area contributed by atoms with Gasteiger partial charge in [-0.05, 0) is 62.2 Å². The van der Waals surface area contributed by atoms with E-state index in [1.165, 1.54) is 48.4 Å². The van der Waals surface area contributed by atoms with Crippen molar-refractivity contribution in [2.75, 3.05) is 38.0 Å². The van der Waals surface area contributed by atoms with Crippen LogP contribution in [-0.4, -0.2) is 82.4 Å². The Bertz CT molecular complexity index is 2310. The fourth-order valence-electron chi connectivity index (χ4n) is 6.21. The summed E-state index contributed by atoms with van der Waals surface area (Å²) in [7, 11) is 1.53. The summed E-state index contributed by atoms with van der Waals surface area (Å²) < 4.78 is 38.3. The quantitative estimate of drug-likeness (QED) is 0.165. The third-order valence-electron chi connectivity index (χ3n) is 8.75. The Balaban J connectivity index is 1.35. The van der Waals surface area contributed by atoms with Gasteiger partial charge in [0.15, 0.2) is 0 Å². The van der Waals surface area contributed by atoms with Crippen LogP contribution in [0.5, 0.6) is 0 Å². The fraction of sp³-hybridized carbons (Fsp3) is 0.324. The predicted octanol–water partition coefficient (Wildman–Crippen LogP) is 3.32. The van der Waals surface area contributed by atoms with E-state index in [2.05, 4.69) is 15.3 Å². The standard InChI is InChI=1S/C37H37FN6O9/c1-21(2)53-37(49)52-20-51-35(47)28(41-33(45)31-22(3)16-24(18-27(31)38)43-12-14-50-15-13-43)17-23-7-8-29(32-25(23)6-5-10-40-32)44-34(46)26-9-11-39-19-30(26)42(4)36(44)48/h5-11,16,18-19,21,28H,12-15,17,20H2,1-4H3,(H,41,45)/t28-/m0/s1. The van der Waals surface area contributed by atoms with E-state index in [4.69, 9.17) is 18.9 Å². The summed E-state index contributed by atoms with van der Waals surface area (Å²) in [6.07, 6.45) is 2.63. The number of rotatable bonds is 10. The number of benzene rings is 2. The minimum Gasteiger partial charge on any atom is -0.431 e. The van der Waals surface area contributed by atoms with Crippen LogP contribution in [0.2, 0.25) is 0 Å². The monoisotopic (exact) mass is 728 g/mol. The lowest BCUT2D eigenvalue weighted by Gasteiger charge is -2.29. The molecule has 0 unspecified atom stereocenters. The molecule has 16 heteroatoms. The lowest BCUT2D eigenvalue weighted by atomic mass is 9.99. The Morgan fingerprint density at radius 2 is 1.79 bits per heavy atom. The predicted molar refractivity (Wildman–Crippen MR) is 191 cm³/mol. The van der Waals surface area contributed by atoms with Crippen molar-refractivity contribution >= 4 is 45.5 Å². The SMILES string of the molecule is Cc1cc(N2CCOCC2)cc(F)c1C(=O)N[C@@H](Cc1ccc(-n2c(=O)c3ccncc3n(C)c2=O)c2ncccc12)C(=O)OCOC(=O)OC(C)C. The van der Waals surface area contributed by atoms with Gasteiger partial charge in [0.25, 0.3) is 11.5 Å². The van der Waals surface area contributed by atoms with Crippen molar-refractivity contribution in [1.29, 1.82) is 0 Å². The molecule has 3 aromatic heterocycles. The Kier molecular flexibility index (Phi) is 10.8. The molecule has 4 heterocycles. The first kappa shape index (κ1) is 36.6. The molecule has 1 amide bonds. The molecule has 6 rings (SSSR count). The van der Waals surface area contributed by atoms with Crippen molar-refractivity contribution in [2.45, 2.75) is 39.3 Å². The molecular weight excluding hydrogens is 691 g/mol. The Hall–Kier alpha value is -6.16. The fourth-order valence-corrected chi connectivity index (χ4v) is 6.21. The minimum absolute atomic E-state index is 0.187. The lowest BCUT2D eigenvalue weighted by Crippen LogP contribution is -2.44. The van der Waals surface area contributed by atoms with Crippen molar-refractivity contribution in [1.82, 2.24) is 24.4 Å². The van der Waals surface area contributed by atoms with Crippen molar-refractivity contribution in [3.63, 3.8) is 0 Å². The normalized spacial score (nSPS) is 13.6. The number of amides is 1. The highest BCUT2D eigenvalue weighted by Crippen LogP contribution is 2.26. The van der Waals surface area contributed by atoms with Crippen LogP contribution in [0.15, 0.2) is 70.6 Å². The van der Waals surface area contributed by atoms with Crippen LogP contribution in [0.4, 0.5) is 14.9 Å². The highest BCUT2D eigenvalue weighted by Gasteiger charge is 2.28. The van der Waals surface area contributed by atoms with E-state index in [0.717, 1.165) is 4.57 Å². The number of esters is 1. The molecule has 53 heavy (non-hydrogen) atoms. The maximum Gasteiger partial charge on any atom is 0.511 e. The van der Waals surface area contributed by atoms with E-state index in [0.29, 0.717) is 54.0 Å². The largest absolute Gasteiger partial charge is 0.511 e. The van der Waals surface area contributed by atoms with Crippen LogP contribution in [0.3, 0.4) is 0 Å². The van der Waals surface area contributed by atoms with E-state index in [-0.39, 0.29) is 28.6 Å². The second-order valence-electron chi connectivity index (χ2n) is 12.6. The second kappa shape index (κ2) is 15.6. The molecule has 0 radical (unpaired) electrons. The topological polar surface area (TPSA) is 173 Å². The number of hydrogen-bond acceptors (Lipinski definition) is 12. The second-order valence-corrected chi connectivity index (χ2v) is 12.6. The van der Waals surface area contributed by atoms with Gasteiger partial charge in [-0.15, -0.1) is 0 Å². The molecule has 0 aliphatic carbocycles. The Labute approximate surface area is 301 Å². The summed E-state index contributed by atoms with van der Waals surface area (Å²) in [5.74, 6) is -2.66. The first-order valence-corrected chi connectivity index (χ1v) is 16.8. The number of nitrogens with one attached hydrogen (secondary N) is 1. The number of anilines is 1. The van der Waals surface area contributed by atoms with Crippen LogP contribution < -0.4 is 21.5 Å². The number of morpholine rings is 1. The van der Waals surface area contributed by atoms with Gasteiger partial charge >= 0.3 is 17.8 Å². The van der Waals surface area contributed by atoms with Gasteiger partial charge in [0.05, 0.1) is 53.2 Å². The Morgan fingerprint density at radius 3 is 2.53 bits per heavy atom. The third kappa shape index (κ3) is 7.72. The van der Waals surface area contributed by atoms with Crippen molar-refractivity contribution in [2.24, 2.45) is 7.05 Å². The van der Waals surface area contributed by atoms with Crippen LogP contribution >= 0.6 is 0 Å². The summed E-state index contributed by atoms with van der Waals surface area (Å²) in [6, 6.07) is 9.48. The first-order valence-electron chi connectivity index (χ1n) is 16.8. The zero-order chi connectivity index (χ0) is 37.8. The zero-order valence-electron chi connectivity index (χ0n) is 29.5. The van der Waals surface area contributed by atoms with Crippen LogP contribution in [-0.2, 0) is 37.2 Å². The first-order chi connectivity index (χ1) is 25.4. The van der Waals surface area contributed by atoms with Gasteiger partial charge in [-0.3, -0.25) is 24.1 Å². The third-order valence-corrected chi connectivity index (χ3v) is 8.75. The molecule has 0 saturated carbocycles. The summed E-state index contributed by atoms with van der Waals surface area (Å²) in [4.78, 5) is 76.7. The molecule has 276 valence electrons. The molecule has 5 aromatic rings. The average molecular weight is 729 g/mol. The molecular formula is C37H37FN6O9. The average Bonchev–Trinajstić information content (AvgIpc) is 3.14. The smallest absolute Gasteiger partial charge is 0.431 e. The van der Waals surface area contributed by atoms with Crippen molar-refractivity contribution in [3.8, 4) is 5.69 Å². The van der Waals surface area contributed by atoms with Gasteiger partial charge in [-0.2, -0.15) is 0 Å². The zero-order valence-corrected chi connectivity index (χ0v) is 29.5.